The van der Waals surface area contributed by atoms with Gasteiger partial charge in [-0.25, -0.2) is 0 Å². The van der Waals surface area contributed by atoms with Crippen LogP contribution in [0.2, 0.25) is 0 Å². The SMILES string of the molecule is C/C=C/CC(C)C.CC(C)CC1CCCCO1.CCCCC(C)C. The summed E-state index contributed by atoms with van der Waals surface area (Å²) in [6, 6.07) is 0. The molecule has 0 saturated carbocycles. The van der Waals surface area contributed by atoms with Crippen molar-refractivity contribution in [2.45, 2.75) is 113 Å². The molecular formula is C23H48O. The van der Waals surface area contributed by atoms with Crippen LogP contribution in [0, 0.1) is 17.8 Å². The van der Waals surface area contributed by atoms with Crippen molar-refractivity contribution < 1.29 is 4.74 Å². The molecule has 1 heteroatoms. The van der Waals surface area contributed by atoms with Crippen molar-refractivity contribution >= 4 is 0 Å². The minimum atomic E-state index is 0.578. The zero-order valence-corrected chi connectivity index (χ0v) is 18.2. The van der Waals surface area contributed by atoms with Gasteiger partial charge in [-0.3, -0.25) is 0 Å². The third kappa shape index (κ3) is 24.0. The summed E-state index contributed by atoms with van der Waals surface area (Å²) in [6.45, 7) is 18.8. The van der Waals surface area contributed by atoms with E-state index in [-0.39, 0.29) is 0 Å². The normalized spacial score (nSPS) is 17.7. The van der Waals surface area contributed by atoms with Crippen LogP contribution in [-0.4, -0.2) is 12.7 Å². The van der Waals surface area contributed by atoms with Gasteiger partial charge in [-0.1, -0.05) is 79.9 Å². The summed E-state index contributed by atoms with van der Waals surface area (Å²) in [5.74, 6) is 2.51. The van der Waals surface area contributed by atoms with Crippen molar-refractivity contribution in [3.05, 3.63) is 12.2 Å². The number of rotatable bonds is 7. The zero-order chi connectivity index (χ0) is 18.8. The quantitative estimate of drug-likeness (QED) is 0.426. The molecule has 146 valence electrons. The molecule has 1 aliphatic rings. The van der Waals surface area contributed by atoms with Crippen molar-refractivity contribution in [1.82, 2.24) is 0 Å². The van der Waals surface area contributed by atoms with Gasteiger partial charge in [0, 0.05) is 6.61 Å². The summed E-state index contributed by atoms with van der Waals surface area (Å²) in [5, 5.41) is 0. The van der Waals surface area contributed by atoms with Crippen LogP contribution in [-0.2, 0) is 4.74 Å². The van der Waals surface area contributed by atoms with Gasteiger partial charge in [0.25, 0.3) is 0 Å². The van der Waals surface area contributed by atoms with E-state index in [1.165, 1.54) is 51.4 Å². The van der Waals surface area contributed by atoms with Gasteiger partial charge in [-0.05, 0) is 56.8 Å². The maximum Gasteiger partial charge on any atom is 0.0577 e. The molecule has 1 saturated heterocycles. The molecule has 0 aromatic carbocycles. The highest BCUT2D eigenvalue weighted by Crippen LogP contribution is 2.18. The molecule has 1 aliphatic heterocycles. The molecule has 0 N–H and O–H groups in total. The average molecular weight is 341 g/mol. The lowest BCUT2D eigenvalue weighted by Crippen LogP contribution is -2.20. The summed E-state index contributed by atoms with van der Waals surface area (Å²) >= 11 is 0. The Morgan fingerprint density at radius 2 is 1.62 bits per heavy atom. The second-order valence-electron chi connectivity index (χ2n) is 8.35. The average Bonchev–Trinajstić information content (AvgIpc) is 2.52. The first kappa shape index (κ1) is 25.9. The largest absolute Gasteiger partial charge is 0.378 e. The second-order valence-corrected chi connectivity index (χ2v) is 8.35. The summed E-state index contributed by atoms with van der Waals surface area (Å²) in [5.41, 5.74) is 0. The lowest BCUT2D eigenvalue weighted by atomic mass is 10.00. The summed E-state index contributed by atoms with van der Waals surface area (Å²) in [6.07, 6.45) is 15.4. The molecule has 24 heavy (non-hydrogen) atoms. The minimum Gasteiger partial charge on any atom is -0.378 e. The number of ether oxygens (including phenoxy) is 1. The highest BCUT2D eigenvalue weighted by molar-refractivity contribution is 4.77. The predicted octanol–water partition coefficient (Wildman–Crippen LogP) is 8.04. The Morgan fingerprint density at radius 1 is 0.958 bits per heavy atom. The van der Waals surface area contributed by atoms with Crippen molar-refractivity contribution in [3.63, 3.8) is 0 Å². The number of hydrogen-bond acceptors (Lipinski definition) is 1. The van der Waals surface area contributed by atoms with Crippen molar-refractivity contribution in [2.24, 2.45) is 17.8 Å². The van der Waals surface area contributed by atoms with E-state index < -0.39 is 0 Å². The van der Waals surface area contributed by atoms with Crippen molar-refractivity contribution in [3.8, 4) is 0 Å². The summed E-state index contributed by atoms with van der Waals surface area (Å²) < 4.78 is 5.59. The minimum absolute atomic E-state index is 0.578. The van der Waals surface area contributed by atoms with Gasteiger partial charge in [-0.2, -0.15) is 0 Å². The first-order valence-corrected chi connectivity index (χ1v) is 10.6. The topological polar surface area (TPSA) is 9.23 Å². The Hall–Kier alpha value is -0.300. The first-order chi connectivity index (χ1) is 11.3. The Balaban J connectivity index is 0. The monoisotopic (exact) mass is 340 g/mol. The van der Waals surface area contributed by atoms with Gasteiger partial charge in [0.05, 0.1) is 6.10 Å². The molecule has 0 aromatic heterocycles. The van der Waals surface area contributed by atoms with Crippen LogP contribution < -0.4 is 0 Å². The molecule has 1 rings (SSSR count). The van der Waals surface area contributed by atoms with Crippen LogP contribution in [0.25, 0.3) is 0 Å². The Kier molecular flexibility index (Phi) is 20.6. The Morgan fingerprint density at radius 3 is 1.92 bits per heavy atom. The van der Waals surface area contributed by atoms with E-state index in [1.807, 2.05) is 0 Å². The van der Waals surface area contributed by atoms with E-state index in [4.69, 9.17) is 4.74 Å². The van der Waals surface area contributed by atoms with Crippen LogP contribution >= 0.6 is 0 Å². The van der Waals surface area contributed by atoms with Gasteiger partial charge in [0.15, 0.2) is 0 Å². The third-order valence-corrected chi connectivity index (χ3v) is 3.99. The summed E-state index contributed by atoms with van der Waals surface area (Å²) in [4.78, 5) is 0. The van der Waals surface area contributed by atoms with E-state index in [1.54, 1.807) is 0 Å². The number of allylic oxidation sites excluding steroid dienone is 2. The van der Waals surface area contributed by atoms with Crippen LogP contribution in [0.4, 0.5) is 0 Å². The maximum absolute atomic E-state index is 5.59. The first-order valence-electron chi connectivity index (χ1n) is 10.6. The van der Waals surface area contributed by atoms with E-state index in [0.29, 0.717) is 6.10 Å². The molecule has 1 nitrogen and oxygen atoms in total. The molecule has 1 heterocycles. The van der Waals surface area contributed by atoms with Crippen LogP contribution in [0.5, 0.6) is 0 Å². The van der Waals surface area contributed by atoms with Crippen molar-refractivity contribution in [2.75, 3.05) is 6.61 Å². The maximum atomic E-state index is 5.59. The lowest BCUT2D eigenvalue weighted by Gasteiger charge is -2.23. The molecule has 0 spiro atoms. The van der Waals surface area contributed by atoms with Gasteiger partial charge >= 0.3 is 0 Å². The fraction of sp³-hybridized carbons (Fsp3) is 0.913. The van der Waals surface area contributed by atoms with Crippen LogP contribution in [0.15, 0.2) is 12.2 Å². The standard InChI is InChI=1S/C9H18O.C7H16.C7H14/c1-8(2)7-9-5-3-4-6-10-9;2*1-4-5-6-7(2)3/h8-9H,3-7H2,1-2H3;7H,4-6H2,1-3H3;4-5,7H,6H2,1-3H3/b;;5-4+. The van der Waals surface area contributed by atoms with E-state index in [0.717, 1.165) is 24.4 Å². The van der Waals surface area contributed by atoms with E-state index in [2.05, 4.69) is 67.5 Å². The predicted molar refractivity (Wildman–Crippen MR) is 112 cm³/mol. The third-order valence-electron chi connectivity index (χ3n) is 3.99. The molecular weight excluding hydrogens is 292 g/mol. The Bertz CT molecular complexity index is 247. The highest BCUT2D eigenvalue weighted by atomic mass is 16.5. The molecule has 0 aliphatic carbocycles. The van der Waals surface area contributed by atoms with Gasteiger partial charge in [-0.15, -0.1) is 0 Å². The molecule has 1 fully saturated rings. The fourth-order valence-electron chi connectivity index (χ4n) is 2.54. The van der Waals surface area contributed by atoms with E-state index in [9.17, 15) is 0 Å². The van der Waals surface area contributed by atoms with Crippen LogP contribution in [0.3, 0.4) is 0 Å². The van der Waals surface area contributed by atoms with Crippen molar-refractivity contribution in [1.29, 1.82) is 0 Å². The van der Waals surface area contributed by atoms with Crippen LogP contribution in [0.1, 0.15) is 107 Å². The Labute approximate surface area is 154 Å². The number of unbranched alkanes of at least 4 members (excludes halogenated alkanes) is 1. The zero-order valence-electron chi connectivity index (χ0n) is 18.2. The molecule has 0 aromatic rings. The number of hydrogen-bond donors (Lipinski definition) is 0. The second kappa shape index (κ2) is 19.0. The van der Waals surface area contributed by atoms with Gasteiger partial charge < -0.3 is 4.74 Å². The fourth-order valence-corrected chi connectivity index (χ4v) is 2.54. The highest BCUT2D eigenvalue weighted by Gasteiger charge is 2.14. The van der Waals surface area contributed by atoms with Gasteiger partial charge in [0.1, 0.15) is 0 Å². The lowest BCUT2D eigenvalue weighted by molar-refractivity contribution is 0.00420. The molecule has 1 unspecified atom stereocenters. The molecule has 0 bridgehead atoms. The van der Waals surface area contributed by atoms with Gasteiger partial charge in [0.2, 0.25) is 0 Å². The molecule has 0 radical (unpaired) electrons. The molecule has 0 amide bonds. The summed E-state index contributed by atoms with van der Waals surface area (Å²) in [7, 11) is 0. The smallest absolute Gasteiger partial charge is 0.0577 e. The van der Waals surface area contributed by atoms with E-state index >= 15 is 0 Å². The molecule has 1 atom stereocenters.